The minimum absolute atomic E-state index is 0.211. The molecule has 3 heterocycles. The van der Waals surface area contributed by atoms with Gasteiger partial charge in [-0.25, -0.2) is 0 Å². The molecule has 0 atom stereocenters. The highest BCUT2D eigenvalue weighted by molar-refractivity contribution is 6.02. The summed E-state index contributed by atoms with van der Waals surface area (Å²) >= 11 is 0. The van der Waals surface area contributed by atoms with E-state index < -0.39 is 0 Å². The third-order valence-corrected chi connectivity index (χ3v) is 3.98. The summed E-state index contributed by atoms with van der Waals surface area (Å²) in [5.74, 6) is -0.533. The molecule has 3 aromatic rings. The van der Waals surface area contributed by atoms with Crippen molar-refractivity contribution in [2.24, 2.45) is 14.1 Å². The molecule has 142 valence electrons. The first-order valence-electron chi connectivity index (χ1n) is 8.50. The van der Waals surface area contributed by atoms with Gasteiger partial charge in [0, 0.05) is 51.6 Å². The summed E-state index contributed by atoms with van der Waals surface area (Å²) in [4.78, 5) is 24.8. The number of aryl methyl sites for hydroxylation is 4. The summed E-state index contributed by atoms with van der Waals surface area (Å²) in [7, 11) is 3.46. The fourth-order valence-electron chi connectivity index (χ4n) is 2.64. The number of carbonyl (C=O) groups excluding carboxylic acids is 2. The Balaban J connectivity index is 1.59. The number of hydrogen-bond acceptors (Lipinski definition) is 5. The minimum atomic E-state index is -0.322. The van der Waals surface area contributed by atoms with Crippen LogP contribution >= 0.6 is 0 Å². The number of carbonyl (C=O) groups is 2. The standard InChI is InChI=1S/C17H22N8O2/c1-12-4-6-25(22-12)7-5-15(26)21-14-10-20-24(3)16(14)17(27)18-8-13-9-19-23(2)11-13/h4,6,9-11H,5,7-8H2,1-3H3,(H,18,27)(H,21,26). The van der Waals surface area contributed by atoms with Crippen molar-refractivity contribution in [2.45, 2.75) is 26.4 Å². The van der Waals surface area contributed by atoms with Crippen LogP contribution in [0.2, 0.25) is 0 Å². The molecular weight excluding hydrogens is 348 g/mol. The van der Waals surface area contributed by atoms with E-state index >= 15 is 0 Å². The summed E-state index contributed by atoms with van der Waals surface area (Å²) in [6, 6.07) is 1.88. The van der Waals surface area contributed by atoms with Gasteiger partial charge in [-0.05, 0) is 13.0 Å². The maximum absolute atomic E-state index is 12.5. The van der Waals surface area contributed by atoms with Gasteiger partial charge < -0.3 is 10.6 Å². The van der Waals surface area contributed by atoms with Crippen molar-refractivity contribution in [3.05, 3.63) is 47.8 Å². The molecule has 0 aliphatic heterocycles. The molecule has 0 unspecified atom stereocenters. The second-order valence-corrected chi connectivity index (χ2v) is 6.25. The molecule has 0 saturated heterocycles. The van der Waals surface area contributed by atoms with Crippen LogP contribution in [-0.4, -0.2) is 41.2 Å². The van der Waals surface area contributed by atoms with Gasteiger partial charge in [0.2, 0.25) is 5.91 Å². The number of hydrogen-bond donors (Lipinski definition) is 2. The summed E-state index contributed by atoms with van der Waals surface area (Å²) < 4.78 is 4.81. The number of anilines is 1. The van der Waals surface area contributed by atoms with Crippen LogP contribution in [-0.2, 0) is 32.0 Å². The Kier molecular flexibility index (Phi) is 5.34. The summed E-state index contributed by atoms with van der Waals surface area (Å²) in [6.45, 7) is 2.69. The number of amides is 2. The van der Waals surface area contributed by atoms with Crippen LogP contribution in [0.3, 0.4) is 0 Å². The van der Waals surface area contributed by atoms with Crippen molar-refractivity contribution in [1.82, 2.24) is 34.7 Å². The van der Waals surface area contributed by atoms with E-state index in [2.05, 4.69) is 25.9 Å². The van der Waals surface area contributed by atoms with Crippen LogP contribution in [0.4, 0.5) is 5.69 Å². The molecule has 2 N–H and O–H groups in total. The van der Waals surface area contributed by atoms with Crippen molar-refractivity contribution in [3.63, 3.8) is 0 Å². The van der Waals surface area contributed by atoms with Gasteiger partial charge in [-0.2, -0.15) is 15.3 Å². The van der Waals surface area contributed by atoms with Gasteiger partial charge in [-0.15, -0.1) is 0 Å². The summed E-state index contributed by atoms with van der Waals surface area (Å²) in [5.41, 5.74) is 2.45. The molecule has 3 rings (SSSR count). The molecule has 2 amide bonds. The van der Waals surface area contributed by atoms with Crippen molar-refractivity contribution in [1.29, 1.82) is 0 Å². The summed E-state index contributed by atoms with van der Waals surface area (Å²) in [5, 5.41) is 17.9. The van der Waals surface area contributed by atoms with E-state index in [1.165, 1.54) is 10.9 Å². The molecule has 3 aromatic heterocycles. The van der Waals surface area contributed by atoms with Crippen molar-refractivity contribution in [3.8, 4) is 0 Å². The zero-order valence-corrected chi connectivity index (χ0v) is 15.5. The van der Waals surface area contributed by atoms with E-state index in [9.17, 15) is 9.59 Å². The lowest BCUT2D eigenvalue weighted by molar-refractivity contribution is -0.116. The molecule has 0 saturated carbocycles. The first kappa shape index (κ1) is 18.4. The molecule has 0 fully saturated rings. The fourth-order valence-corrected chi connectivity index (χ4v) is 2.64. The Morgan fingerprint density at radius 2 is 2.00 bits per heavy atom. The fraction of sp³-hybridized carbons (Fsp3) is 0.353. The lowest BCUT2D eigenvalue weighted by atomic mass is 10.3. The smallest absolute Gasteiger partial charge is 0.271 e. The van der Waals surface area contributed by atoms with Gasteiger partial charge in [0.25, 0.3) is 5.91 Å². The third kappa shape index (κ3) is 4.60. The van der Waals surface area contributed by atoms with E-state index in [1.807, 2.05) is 32.4 Å². The Morgan fingerprint density at radius 3 is 2.67 bits per heavy atom. The van der Waals surface area contributed by atoms with Crippen LogP contribution in [0, 0.1) is 6.92 Å². The molecule has 0 radical (unpaired) electrons. The Morgan fingerprint density at radius 1 is 1.19 bits per heavy atom. The normalized spacial score (nSPS) is 10.8. The predicted octanol–water partition coefficient (Wildman–Crippen LogP) is 0.617. The van der Waals surface area contributed by atoms with Gasteiger partial charge in [0.1, 0.15) is 5.69 Å². The van der Waals surface area contributed by atoms with Crippen molar-refractivity contribution < 1.29 is 9.59 Å². The van der Waals surface area contributed by atoms with Crippen LogP contribution in [0.5, 0.6) is 0 Å². The zero-order valence-electron chi connectivity index (χ0n) is 15.5. The second-order valence-electron chi connectivity index (χ2n) is 6.25. The maximum Gasteiger partial charge on any atom is 0.271 e. The van der Waals surface area contributed by atoms with Crippen LogP contribution in [0.25, 0.3) is 0 Å². The number of nitrogens with zero attached hydrogens (tertiary/aromatic N) is 6. The second kappa shape index (κ2) is 7.85. The van der Waals surface area contributed by atoms with Crippen LogP contribution < -0.4 is 10.6 Å². The largest absolute Gasteiger partial charge is 0.346 e. The number of nitrogens with one attached hydrogen (secondary N) is 2. The number of rotatable bonds is 7. The first-order valence-corrected chi connectivity index (χ1v) is 8.50. The van der Waals surface area contributed by atoms with Gasteiger partial charge in [0.15, 0.2) is 0 Å². The zero-order chi connectivity index (χ0) is 19.4. The van der Waals surface area contributed by atoms with Gasteiger partial charge >= 0.3 is 0 Å². The highest BCUT2D eigenvalue weighted by Gasteiger charge is 2.18. The average molecular weight is 370 g/mol. The van der Waals surface area contributed by atoms with Gasteiger partial charge in [0.05, 0.1) is 23.8 Å². The third-order valence-electron chi connectivity index (χ3n) is 3.98. The van der Waals surface area contributed by atoms with E-state index in [0.717, 1.165) is 11.3 Å². The van der Waals surface area contributed by atoms with E-state index in [0.29, 0.717) is 24.5 Å². The molecule has 0 aliphatic rings. The van der Waals surface area contributed by atoms with E-state index in [1.54, 1.807) is 22.6 Å². The Hall–Kier alpha value is -3.43. The lowest BCUT2D eigenvalue weighted by Crippen LogP contribution is -2.26. The van der Waals surface area contributed by atoms with Crippen LogP contribution in [0.1, 0.15) is 28.2 Å². The molecule has 10 heteroatoms. The van der Waals surface area contributed by atoms with Gasteiger partial charge in [-0.1, -0.05) is 0 Å². The molecule has 0 bridgehead atoms. The highest BCUT2D eigenvalue weighted by atomic mass is 16.2. The van der Waals surface area contributed by atoms with Crippen LogP contribution in [0.15, 0.2) is 30.9 Å². The SMILES string of the molecule is Cc1ccn(CCC(=O)Nc2cnn(C)c2C(=O)NCc2cnn(C)c2)n1. The molecule has 10 nitrogen and oxygen atoms in total. The molecule has 0 aromatic carbocycles. The monoisotopic (exact) mass is 370 g/mol. The maximum atomic E-state index is 12.5. The van der Waals surface area contributed by atoms with Crippen molar-refractivity contribution in [2.75, 3.05) is 5.32 Å². The Labute approximate surface area is 156 Å². The quantitative estimate of drug-likeness (QED) is 0.633. The molecule has 0 spiro atoms. The lowest BCUT2D eigenvalue weighted by Gasteiger charge is -2.08. The Bertz CT molecular complexity index is 952. The average Bonchev–Trinajstić information content (AvgIpc) is 3.32. The summed E-state index contributed by atoms with van der Waals surface area (Å²) in [6.07, 6.45) is 7.04. The first-order chi connectivity index (χ1) is 12.9. The number of aromatic nitrogens is 6. The van der Waals surface area contributed by atoms with E-state index in [-0.39, 0.29) is 18.2 Å². The highest BCUT2D eigenvalue weighted by Crippen LogP contribution is 2.15. The topological polar surface area (TPSA) is 112 Å². The van der Waals surface area contributed by atoms with Gasteiger partial charge in [-0.3, -0.25) is 23.6 Å². The van der Waals surface area contributed by atoms with E-state index in [4.69, 9.17) is 0 Å². The molecule has 0 aliphatic carbocycles. The van der Waals surface area contributed by atoms with Crippen molar-refractivity contribution >= 4 is 17.5 Å². The molecule has 27 heavy (non-hydrogen) atoms. The minimum Gasteiger partial charge on any atom is -0.346 e. The molecular formula is C17H22N8O2. The predicted molar refractivity (Wildman–Crippen MR) is 97.8 cm³/mol.